The minimum Gasteiger partial charge on any atom is -0.491 e. The van der Waals surface area contributed by atoms with E-state index in [2.05, 4.69) is 6.92 Å². The lowest BCUT2D eigenvalue weighted by Crippen LogP contribution is -2.18. The van der Waals surface area contributed by atoms with Crippen LogP contribution >= 0.6 is 11.6 Å². The molecule has 84 valence electrons. The van der Waals surface area contributed by atoms with Gasteiger partial charge in [0.15, 0.2) is 0 Å². The molecule has 0 amide bonds. The minimum absolute atomic E-state index is 0.202. The zero-order chi connectivity index (χ0) is 11.1. The predicted molar refractivity (Wildman–Crippen MR) is 62.7 cm³/mol. The Morgan fingerprint density at radius 3 is 2.53 bits per heavy atom. The summed E-state index contributed by atoms with van der Waals surface area (Å²) >= 11 is 5.45. The van der Waals surface area contributed by atoms with Crippen molar-refractivity contribution in [3.63, 3.8) is 0 Å². The van der Waals surface area contributed by atoms with Gasteiger partial charge in [0.05, 0.1) is 5.88 Å². The first-order valence-corrected chi connectivity index (χ1v) is 5.75. The molecule has 0 saturated carbocycles. The second kappa shape index (κ2) is 6.70. The average molecular weight is 229 g/mol. The normalized spacial score (nSPS) is 12.5. The molecule has 1 aromatic rings. The van der Waals surface area contributed by atoms with E-state index in [1.54, 1.807) is 0 Å². The van der Waals surface area contributed by atoms with E-state index in [0.29, 0.717) is 0 Å². The molecule has 1 N–H and O–H groups in total. The van der Waals surface area contributed by atoms with Crippen LogP contribution in [-0.4, -0.2) is 23.7 Å². The second-order valence-corrected chi connectivity index (χ2v) is 3.82. The summed E-state index contributed by atoms with van der Waals surface area (Å²) in [5.41, 5.74) is 1.31. The van der Waals surface area contributed by atoms with E-state index < -0.39 is 6.10 Å². The molecule has 0 radical (unpaired) electrons. The van der Waals surface area contributed by atoms with Crippen molar-refractivity contribution in [3.05, 3.63) is 29.8 Å². The van der Waals surface area contributed by atoms with Crippen LogP contribution in [0.3, 0.4) is 0 Å². The van der Waals surface area contributed by atoms with Gasteiger partial charge in [0.1, 0.15) is 18.5 Å². The molecule has 15 heavy (non-hydrogen) atoms. The highest BCUT2D eigenvalue weighted by Crippen LogP contribution is 2.13. The van der Waals surface area contributed by atoms with Crippen molar-refractivity contribution < 1.29 is 9.84 Å². The van der Waals surface area contributed by atoms with Crippen molar-refractivity contribution in [1.82, 2.24) is 0 Å². The molecule has 0 spiro atoms. The van der Waals surface area contributed by atoms with E-state index in [1.807, 2.05) is 24.3 Å². The zero-order valence-electron chi connectivity index (χ0n) is 8.95. The van der Waals surface area contributed by atoms with Crippen molar-refractivity contribution in [1.29, 1.82) is 0 Å². The molecule has 0 bridgehead atoms. The Labute approximate surface area is 95.8 Å². The van der Waals surface area contributed by atoms with Crippen LogP contribution in [0.1, 0.15) is 18.9 Å². The first-order valence-electron chi connectivity index (χ1n) is 5.22. The van der Waals surface area contributed by atoms with Gasteiger partial charge in [-0.25, -0.2) is 0 Å². The van der Waals surface area contributed by atoms with Crippen molar-refractivity contribution in [2.24, 2.45) is 0 Å². The Bertz CT molecular complexity index is 271. The molecular weight excluding hydrogens is 212 g/mol. The number of aliphatic hydroxyl groups is 1. The molecule has 0 aliphatic carbocycles. The van der Waals surface area contributed by atoms with E-state index in [-0.39, 0.29) is 12.5 Å². The fraction of sp³-hybridized carbons (Fsp3) is 0.500. The van der Waals surface area contributed by atoms with Crippen molar-refractivity contribution in [2.75, 3.05) is 12.5 Å². The summed E-state index contributed by atoms with van der Waals surface area (Å²) in [6.45, 7) is 2.40. The molecule has 0 fully saturated rings. The molecule has 0 aliphatic heterocycles. The molecule has 2 nitrogen and oxygen atoms in total. The maximum absolute atomic E-state index is 9.20. The second-order valence-electron chi connectivity index (χ2n) is 3.51. The molecule has 3 heteroatoms. The van der Waals surface area contributed by atoms with Gasteiger partial charge >= 0.3 is 0 Å². The summed E-state index contributed by atoms with van der Waals surface area (Å²) in [6.07, 6.45) is 1.64. The zero-order valence-corrected chi connectivity index (χ0v) is 9.70. The van der Waals surface area contributed by atoms with Crippen LogP contribution in [0.4, 0.5) is 0 Å². The molecule has 0 aromatic heterocycles. The molecule has 1 aromatic carbocycles. The molecule has 0 heterocycles. The number of alkyl halides is 1. The van der Waals surface area contributed by atoms with E-state index in [9.17, 15) is 5.11 Å². The smallest absolute Gasteiger partial charge is 0.119 e. The largest absolute Gasteiger partial charge is 0.491 e. The first kappa shape index (κ1) is 12.3. The van der Waals surface area contributed by atoms with Gasteiger partial charge in [-0.15, -0.1) is 11.6 Å². The SMILES string of the molecule is CCCc1ccc(OCC(O)CCl)cc1. The first-order chi connectivity index (χ1) is 7.26. The number of benzene rings is 1. The van der Waals surface area contributed by atoms with Gasteiger partial charge in [0.2, 0.25) is 0 Å². The average Bonchev–Trinajstić information content (AvgIpc) is 2.28. The number of ether oxygens (including phenoxy) is 1. The topological polar surface area (TPSA) is 29.5 Å². The number of rotatable bonds is 6. The lowest BCUT2D eigenvalue weighted by molar-refractivity contribution is 0.125. The lowest BCUT2D eigenvalue weighted by Gasteiger charge is -2.09. The highest BCUT2D eigenvalue weighted by molar-refractivity contribution is 6.18. The Morgan fingerprint density at radius 2 is 2.00 bits per heavy atom. The Morgan fingerprint density at radius 1 is 1.33 bits per heavy atom. The van der Waals surface area contributed by atoms with E-state index >= 15 is 0 Å². The Kier molecular flexibility index (Phi) is 5.51. The van der Waals surface area contributed by atoms with Crippen molar-refractivity contribution in [2.45, 2.75) is 25.9 Å². The summed E-state index contributed by atoms with van der Waals surface area (Å²) in [5, 5.41) is 9.20. The summed E-state index contributed by atoms with van der Waals surface area (Å²) in [5.74, 6) is 0.979. The van der Waals surface area contributed by atoms with Gasteiger partial charge in [-0.1, -0.05) is 25.5 Å². The number of hydrogen-bond acceptors (Lipinski definition) is 2. The third-order valence-corrected chi connectivity index (χ3v) is 2.44. The van der Waals surface area contributed by atoms with Crippen molar-refractivity contribution in [3.8, 4) is 5.75 Å². The summed E-state index contributed by atoms with van der Waals surface area (Å²) < 4.78 is 5.36. The quantitative estimate of drug-likeness (QED) is 0.759. The third kappa shape index (κ3) is 4.54. The van der Waals surface area contributed by atoms with Crippen LogP contribution < -0.4 is 4.74 Å². The van der Waals surface area contributed by atoms with E-state index in [0.717, 1.165) is 18.6 Å². The van der Waals surface area contributed by atoms with Crippen LogP contribution in [0.2, 0.25) is 0 Å². The number of aryl methyl sites for hydroxylation is 1. The Balaban J connectivity index is 2.42. The minimum atomic E-state index is -0.595. The highest BCUT2D eigenvalue weighted by atomic mass is 35.5. The number of hydrogen-bond donors (Lipinski definition) is 1. The molecular formula is C12H17ClO2. The van der Waals surface area contributed by atoms with Gasteiger partial charge in [-0.2, -0.15) is 0 Å². The van der Waals surface area contributed by atoms with Gasteiger partial charge in [-0.3, -0.25) is 0 Å². The number of halogens is 1. The molecule has 0 aliphatic rings. The lowest BCUT2D eigenvalue weighted by atomic mass is 10.1. The fourth-order valence-electron chi connectivity index (χ4n) is 1.28. The van der Waals surface area contributed by atoms with E-state index in [4.69, 9.17) is 16.3 Å². The van der Waals surface area contributed by atoms with E-state index in [1.165, 1.54) is 5.56 Å². The van der Waals surface area contributed by atoms with Gasteiger partial charge < -0.3 is 9.84 Å². The van der Waals surface area contributed by atoms with Crippen LogP contribution in [0.25, 0.3) is 0 Å². The summed E-state index contributed by atoms with van der Waals surface area (Å²) in [6, 6.07) is 7.94. The maximum Gasteiger partial charge on any atom is 0.119 e. The summed E-state index contributed by atoms with van der Waals surface area (Å²) in [4.78, 5) is 0. The summed E-state index contributed by atoms with van der Waals surface area (Å²) in [7, 11) is 0. The Hall–Kier alpha value is -0.730. The van der Waals surface area contributed by atoms with Crippen LogP contribution in [0.5, 0.6) is 5.75 Å². The van der Waals surface area contributed by atoms with Gasteiger partial charge in [-0.05, 0) is 24.1 Å². The van der Waals surface area contributed by atoms with Crippen molar-refractivity contribution >= 4 is 11.6 Å². The monoisotopic (exact) mass is 228 g/mol. The van der Waals surface area contributed by atoms with Crippen LogP contribution in [0, 0.1) is 0 Å². The number of aliphatic hydroxyl groups excluding tert-OH is 1. The van der Waals surface area contributed by atoms with Gasteiger partial charge in [0.25, 0.3) is 0 Å². The molecule has 1 atom stereocenters. The van der Waals surface area contributed by atoms with Gasteiger partial charge in [0, 0.05) is 0 Å². The molecule has 1 rings (SSSR count). The molecule has 1 unspecified atom stereocenters. The molecule has 0 saturated heterocycles. The van der Waals surface area contributed by atoms with Crippen LogP contribution in [-0.2, 0) is 6.42 Å². The maximum atomic E-state index is 9.20. The predicted octanol–water partition coefficient (Wildman–Crippen LogP) is 2.62. The third-order valence-electron chi connectivity index (χ3n) is 2.08. The standard InChI is InChI=1S/C12H17ClO2/c1-2-3-10-4-6-12(7-5-10)15-9-11(14)8-13/h4-7,11,14H,2-3,8-9H2,1H3. The fourth-order valence-corrected chi connectivity index (χ4v) is 1.37. The van der Waals surface area contributed by atoms with Crippen LogP contribution in [0.15, 0.2) is 24.3 Å². The highest BCUT2D eigenvalue weighted by Gasteiger charge is 2.02.